The van der Waals surface area contributed by atoms with Crippen LogP contribution in [0.4, 0.5) is 5.82 Å². The Morgan fingerprint density at radius 1 is 1.14 bits per heavy atom. The summed E-state index contributed by atoms with van der Waals surface area (Å²) in [6.07, 6.45) is 6.21. The molecule has 114 valence electrons. The van der Waals surface area contributed by atoms with E-state index in [2.05, 4.69) is 20.0 Å². The first kappa shape index (κ1) is 15.2. The van der Waals surface area contributed by atoms with E-state index in [1.807, 2.05) is 0 Å². The number of anilines is 1. The van der Waals surface area contributed by atoms with Crippen LogP contribution in [-0.2, 0) is 14.3 Å². The summed E-state index contributed by atoms with van der Waals surface area (Å²) in [5.41, 5.74) is 0.172. The van der Waals surface area contributed by atoms with Gasteiger partial charge in [0.2, 0.25) is 0 Å². The first-order valence-corrected chi connectivity index (χ1v) is 6.88. The van der Waals surface area contributed by atoms with Crippen LogP contribution in [0.2, 0.25) is 0 Å². The normalized spacial score (nSPS) is 21.4. The van der Waals surface area contributed by atoms with Crippen molar-refractivity contribution in [2.24, 2.45) is 5.92 Å². The van der Waals surface area contributed by atoms with Gasteiger partial charge >= 0.3 is 11.9 Å². The molecule has 0 aliphatic heterocycles. The highest BCUT2D eigenvalue weighted by atomic mass is 16.5. The SMILES string of the molecule is COC(=O)c1cncc(NC2CCC(C(=O)OC)CC2)n1. The molecule has 1 heterocycles. The van der Waals surface area contributed by atoms with Crippen LogP contribution >= 0.6 is 0 Å². The molecule has 1 saturated carbocycles. The van der Waals surface area contributed by atoms with Crippen LogP contribution in [0.25, 0.3) is 0 Å². The third kappa shape index (κ3) is 3.90. The zero-order valence-electron chi connectivity index (χ0n) is 12.2. The van der Waals surface area contributed by atoms with Crippen molar-refractivity contribution in [2.75, 3.05) is 19.5 Å². The van der Waals surface area contributed by atoms with Crippen molar-refractivity contribution in [3.63, 3.8) is 0 Å². The summed E-state index contributed by atoms with van der Waals surface area (Å²) < 4.78 is 9.38. The minimum absolute atomic E-state index is 0.0134. The van der Waals surface area contributed by atoms with Crippen LogP contribution in [0.5, 0.6) is 0 Å². The molecule has 1 aliphatic rings. The molecule has 2 rings (SSSR count). The van der Waals surface area contributed by atoms with Crippen LogP contribution in [0.15, 0.2) is 12.4 Å². The van der Waals surface area contributed by atoms with Gasteiger partial charge in [0.1, 0.15) is 5.82 Å². The predicted molar refractivity (Wildman–Crippen MR) is 74.8 cm³/mol. The molecular weight excluding hydrogens is 274 g/mol. The van der Waals surface area contributed by atoms with E-state index in [4.69, 9.17) is 4.74 Å². The van der Waals surface area contributed by atoms with Gasteiger partial charge in [-0.2, -0.15) is 0 Å². The smallest absolute Gasteiger partial charge is 0.358 e. The summed E-state index contributed by atoms with van der Waals surface area (Å²) in [7, 11) is 2.72. The van der Waals surface area contributed by atoms with Gasteiger partial charge in [-0.25, -0.2) is 9.78 Å². The maximum atomic E-state index is 11.5. The van der Waals surface area contributed by atoms with E-state index in [1.165, 1.54) is 20.4 Å². The van der Waals surface area contributed by atoms with Crippen molar-refractivity contribution in [3.05, 3.63) is 18.1 Å². The van der Waals surface area contributed by atoms with Gasteiger partial charge in [0.25, 0.3) is 0 Å². The van der Waals surface area contributed by atoms with Gasteiger partial charge in [-0.05, 0) is 25.7 Å². The lowest BCUT2D eigenvalue weighted by atomic mass is 9.86. The molecule has 0 aromatic carbocycles. The van der Waals surface area contributed by atoms with Gasteiger partial charge in [-0.15, -0.1) is 0 Å². The Morgan fingerprint density at radius 2 is 1.86 bits per heavy atom. The van der Waals surface area contributed by atoms with Gasteiger partial charge in [0.05, 0.1) is 32.5 Å². The maximum absolute atomic E-state index is 11.5. The Hall–Kier alpha value is -2.18. The monoisotopic (exact) mass is 293 g/mol. The minimum Gasteiger partial charge on any atom is -0.469 e. The third-order valence-corrected chi connectivity index (χ3v) is 3.64. The lowest BCUT2D eigenvalue weighted by molar-refractivity contribution is -0.146. The zero-order chi connectivity index (χ0) is 15.2. The van der Waals surface area contributed by atoms with Crippen LogP contribution in [0, 0.1) is 5.92 Å². The lowest BCUT2D eigenvalue weighted by Crippen LogP contribution is -2.30. The van der Waals surface area contributed by atoms with E-state index in [0.29, 0.717) is 5.82 Å². The summed E-state index contributed by atoms with van der Waals surface area (Å²) >= 11 is 0. The van der Waals surface area contributed by atoms with E-state index in [-0.39, 0.29) is 23.6 Å². The van der Waals surface area contributed by atoms with Crippen molar-refractivity contribution in [1.82, 2.24) is 9.97 Å². The Bertz CT molecular complexity index is 513. The molecule has 0 radical (unpaired) electrons. The maximum Gasteiger partial charge on any atom is 0.358 e. The molecule has 0 unspecified atom stereocenters. The third-order valence-electron chi connectivity index (χ3n) is 3.64. The molecule has 7 heteroatoms. The van der Waals surface area contributed by atoms with E-state index in [0.717, 1.165) is 25.7 Å². The van der Waals surface area contributed by atoms with Crippen LogP contribution in [-0.4, -0.2) is 42.2 Å². The molecule has 0 saturated heterocycles. The number of esters is 2. The molecule has 0 amide bonds. The van der Waals surface area contributed by atoms with Crippen molar-refractivity contribution in [2.45, 2.75) is 31.7 Å². The average Bonchev–Trinajstić information content (AvgIpc) is 2.54. The number of nitrogens with one attached hydrogen (secondary N) is 1. The summed E-state index contributed by atoms with van der Waals surface area (Å²) in [6.45, 7) is 0. The second-order valence-electron chi connectivity index (χ2n) is 5.00. The van der Waals surface area contributed by atoms with Crippen LogP contribution in [0.3, 0.4) is 0 Å². The highest BCUT2D eigenvalue weighted by Crippen LogP contribution is 2.26. The van der Waals surface area contributed by atoms with Crippen molar-refractivity contribution >= 4 is 17.8 Å². The Morgan fingerprint density at radius 3 is 2.48 bits per heavy atom. The second-order valence-corrected chi connectivity index (χ2v) is 5.00. The summed E-state index contributed by atoms with van der Waals surface area (Å²) in [5, 5.41) is 3.24. The molecule has 1 aliphatic carbocycles. The number of ether oxygens (including phenoxy) is 2. The number of hydrogen-bond acceptors (Lipinski definition) is 7. The lowest BCUT2D eigenvalue weighted by Gasteiger charge is -2.27. The molecule has 1 N–H and O–H groups in total. The Kier molecular flexibility index (Phi) is 5.08. The first-order valence-electron chi connectivity index (χ1n) is 6.88. The second kappa shape index (κ2) is 7.01. The van der Waals surface area contributed by atoms with Crippen molar-refractivity contribution in [3.8, 4) is 0 Å². The molecule has 0 bridgehead atoms. The highest BCUT2D eigenvalue weighted by molar-refractivity contribution is 5.87. The van der Waals surface area contributed by atoms with Crippen molar-refractivity contribution in [1.29, 1.82) is 0 Å². The molecule has 0 spiro atoms. The van der Waals surface area contributed by atoms with Crippen LogP contribution < -0.4 is 5.32 Å². The largest absolute Gasteiger partial charge is 0.469 e. The summed E-state index contributed by atoms with van der Waals surface area (Å²) in [5.74, 6) is -0.124. The van der Waals surface area contributed by atoms with Gasteiger partial charge in [-0.1, -0.05) is 0 Å². The van der Waals surface area contributed by atoms with Gasteiger partial charge in [0.15, 0.2) is 5.69 Å². The fraction of sp³-hybridized carbons (Fsp3) is 0.571. The van der Waals surface area contributed by atoms with E-state index >= 15 is 0 Å². The van der Waals surface area contributed by atoms with E-state index in [1.54, 1.807) is 6.20 Å². The molecule has 0 atom stereocenters. The molecule has 1 aromatic heterocycles. The topological polar surface area (TPSA) is 90.4 Å². The molecule has 1 fully saturated rings. The Labute approximate surface area is 123 Å². The number of methoxy groups -OCH3 is 2. The summed E-state index contributed by atoms with van der Waals surface area (Å²) in [4.78, 5) is 31.0. The minimum atomic E-state index is -0.513. The molecular formula is C14H19N3O4. The highest BCUT2D eigenvalue weighted by Gasteiger charge is 2.27. The number of carbonyl (C=O) groups excluding carboxylic acids is 2. The van der Waals surface area contributed by atoms with Crippen molar-refractivity contribution < 1.29 is 19.1 Å². The standard InChI is InChI=1S/C14H19N3O4/c1-20-13(18)9-3-5-10(6-4-9)16-12-8-15-7-11(17-12)14(19)21-2/h7-10H,3-6H2,1-2H3,(H,16,17). The van der Waals surface area contributed by atoms with E-state index < -0.39 is 5.97 Å². The van der Waals surface area contributed by atoms with Crippen LogP contribution in [0.1, 0.15) is 36.2 Å². The fourth-order valence-electron chi connectivity index (χ4n) is 2.49. The fourth-order valence-corrected chi connectivity index (χ4v) is 2.49. The Balaban J connectivity index is 1.92. The number of carbonyl (C=O) groups is 2. The van der Waals surface area contributed by atoms with Gasteiger partial charge in [0, 0.05) is 6.04 Å². The number of hydrogen-bond donors (Lipinski definition) is 1. The predicted octanol–water partition coefficient (Wildman–Crippen LogP) is 1.41. The quantitative estimate of drug-likeness (QED) is 0.839. The molecule has 21 heavy (non-hydrogen) atoms. The first-order chi connectivity index (χ1) is 10.1. The molecule has 7 nitrogen and oxygen atoms in total. The van der Waals surface area contributed by atoms with E-state index in [9.17, 15) is 9.59 Å². The van der Waals surface area contributed by atoms with Gasteiger partial charge in [-0.3, -0.25) is 9.78 Å². The number of nitrogens with zero attached hydrogens (tertiary/aromatic N) is 2. The molecule has 1 aromatic rings. The zero-order valence-corrected chi connectivity index (χ0v) is 12.2. The average molecular weight is 293 g/mol. The number of rotatable bonds is 4. The van der Waals surface area contributed by atoms with Gasteiger partial charge < -0.3 is 14.8 Å². The number of aromatic nitrogens is 2. The summed E-state index contributed by atoms with van der Waals surface area (Å²) in [6, 6.07) is 0.216.